The maximum absolute atomic E-state index is 12.8. The van der Waals surface area contributed by atoms with E-state index in [9.17, 15) is 4.79 Å². The van der Waals surface area contributed by atoms with Gasteiger partial charge in [-0.1, -0.05) is 84.4 Å². The van der Waals surface area contributed by atoms with E-state index in [4.69, 9.17) is 16.3 Å². The molecule has 1 aromatic heterocycles. The Kier molecular flexibility index (Phi) is 6.87. The molecule has 1 heterocycles. The van der Waals surface area contributed by atoms with Gasteiger partial charge in [0.1, 0.15) is 17.5 Å². The summed E-state index contributed by atoms with van der Waals surface area (Å²) in [5, 5.41) is 7.72. The third kappa shape index (κ3) is 5.37. The number of carbonyl (C=O) groups is 1. The topological polar surface area (TPSA) is 56.2 Å². The summed E-state index contributed by atoms with van der Waals surface area (Å²) in [6.07, 6.45) is 0. The quantitative estimate of drug-likeness (QED) is 0.395. The van der Waals surface area contributed by atoms with Crippen LogP contribution in [0, 0.1) is 6.92 Å². The van der Waals surface area contributed by atoms with Crippen LogP contribution in [0.3, 0.4) is 0 Å². The molecule has 4 rings (SSSR count). The van der Waals surface area contributed by atoms with Crippen molar-refractivity contribution in [2.75, 3.05) is 0 Å². The molecule has 0 fully saturated rings. The second kappa shape index (κ2) is 10.2. The second-order valence-corrected chi connectivity index (χ2v) is 7.85. The lowest BCUT2D eigenvalue weighted by Crippen LogP contribution is -2.23. The van der Waals surface area contributed by atoms with Crippen molar-refractivity contribution < 1.29 is 9.53 Å². The Labute approximate surface area is 192 Å². The molecular formula is C26H24ClN3O2. The second-order valence-electron chi connectivity index (χ2n) is 7.50. The van der Waals surface area contributed by atoms with Gasteiger partial charge in [0.05, 0.1) is 17.8 Å². The molecule has 3 aromatic carbocycles. The fraction of sp³-hybridized carbons (Fsp3) is 0.154. The molecule has 1 N–H and O–H groups in total. The molecule has 0 unspecified atom stereocenters. The van der Waals surface area contributed by atoms with Gasteiger partial charge in [-0.25, -0.2) is 4.68 Å². The van der Waals surface area contributed by atoms with Gasteiger partial charge in [-0.15, -0.1) is 0 Å². The van der Waals surface area contributed by atoms with Crippen LogP contribution >= 0.6 is 11.6 Å². The van der Waals surface area contributed by atoms with E-state index in [0.29, 0.717) is 36.1 Å². The number of aromatic nitrogens is 2. The van der Waals surface area contributed by atoms with Crippen LogP contribution in [0.5, 0.6) is 5.75 Å². The molecule has 32 heavy (non-hydrogen) atoms. The van der Waals surface area contributed by atoms with E-state index in [1.54, 1.807) is 11.6 Å². The highest BCUT2D eigenvalue weighted by Gasteiger charge is 2.20. The van der Waals surface area contributed by atoms with E-state index in [1.807, 2.05) is 84.9 Å². The molecule has 0 radical (unpaired) electrons. The SMILES string of the molecule is Cc1nn(Cc2ccccc2)c(Cl)c1C(=O)NCc1ccc(OCc2ccccc2)cc1. The summed E-state index contributed by atoms with van der Waals surface area (Å²) < 4.78 is 7.46. The highest BCUT2D eigenvalue weighted by molar-refractivity contribution is 6.33. The molecule has 0 spiro atoms. The Balaban J connectivity index is 1.34. The minimum Gasteiger partial charge on any atom is -0.489 e. The molecule has 0 saturated heterocycles. The van der Waals surface area contributed by atoms with Crippen molar-refractivity contribution in [1.29, 1.82) is 0 Å². The molecule has 0 bridgehead atoms. The Morgan fingerprint density at radius 3 is 2.19 bits per heavy atom. The number of aryl methyl sites for hydroxylation is 1. The number of ether oxygens (including phenoxy) is 1. The lowest BCUT2D eigenvalue weighted by molar-refractivity contribution is 0.0950. The third-order valence-corrected chi connectivity index (χ3v) is 5.48. The lowest BCUT2D eigenvalue weighted by atomic mass is 10.2. The molecule has 1 amide bonds. The van der Waals surface area contributed by atoms with Gasteiger partial charge in [0.25, 0.3) is 5.91 Å². The average Bonchev–Trinajstić information content (AvgIpc) is 3.10. The monoisotopic (exact) mass is 445 g/mol. The Bertz CT molecular complexity index is 1170. The number of rotatable bonds is 8. The minimum absolute atomic E-state index is 0.240. The van der Waals surface area contributed by atoms with Gasteiger partial charge in [-0.05, 0) is 35.7 Å². The predicted octanol–water partition coefficient (Wildman–Crippen LogP) is 5.40. The molecule has 4 aromatic rings. The van der Waals surface area contributed by atoms with Crippen molar-refractivity contribution >= 4 is 17.5 Å². The molecule has 0 aliphatic carbocycles. The Morgan fingerprint density at radius 1 is 0.906 bits per heavy atom. The molecule has 0 saturated carbocycles. The first-order valence-corrected chi connectivity index (χ1v) is 10.8. The summed E-state index contributed by atoms with van der Waals surface area (Å²) in [5.41, 5.74) is 4.16. The molecule has 0 aliphatic rings. The molecule has 162 valence electrons. The minimum atomic E-state index is -0.240. The summed E-state index contributed by atoms with van der Waals surface area (Å²) in [5.74, 6) is 0.543. The van der Waals surface area contributed by atoms with Crippen LogP contribution in [0.2, 0.25) is 5.15 Å². The van der Waals surface area contributed by atoms with E-state index in [2.05, 4.69) is 10.4 Å². The number of amides is 1. The number of halogens is 1. The number of carbonyl (C=O) groups excluding carboxylic acids is 1. The summed E-state index contributed by atoms with van der Waals surface area (Å²) in [7, 11) is 0. The van der Waals surface area contributed by atoms with Crippen molar-refractivity contribution in [3.05, 3.63) is 118 Å². The van der Waals surface area contributed by atoms with Crippen LogP contribution in [0.4, 0.5) is 0 Å². The van der Waals surface area contributed by atoms with Crippen molar-refractivity contribution in [1.82, 2.24) is 15.1 Å². The number of benzene rings is 3. The maximum atomic E-state index is 12.8. The van der Waals surface area contributed by atoms with Crippen LogP contribution in [0.15, 0.2) is 84.9 Å². The molecular weight excluding hydrogens is 422 g/mol. The zero-order valence-electron chi connectivity index (χ0n) is 17.8. The van der Waals surface area contributed by atoms with Gasteiger partial charge < -0.3 is 10.1 Å². The van der Waals surface area contributed by atoms with Gasteiger partial charge in [-0.3, -0.25) is 4.79 Å². The number of hydrogen-bond acceptors (Lipinski definition) is 3. The fourth-order valence-corrected chi connectivity index (χ4v) is 3.71. The van der Waals surface area contributed by atoms with Gasteiger partial charge in [-0.2, -0.15) is 5.10 Å². The molecule has 0 atom stereocenters. The fourth-order valence-electron chi connectivity index (χ4n) is 3.39. The first-order valence-electron chi connectivity index (χ1n) is 10.4. The first kappa shape index (κ1) is 21.7. The van der Waals surface area contributed by atoms with Crippen LogP contribution in [0.25, 0.3) is 0 Å². The van der Waals surface area contributed by atoms with Crippen molar-refractivity contribution in [3.8, 4) is 5.75 Å². The van der Waals surface area contributed by atoms with Crippen molar-refractivity contribution in [2.45, 2.75) is 26.6 Å². The van der Waals surface area contributed by atoms with Crippen LogP contribution < -0.4 is 10.1 Å². The summed E-state index contributed by atoms with van der Waals surface area (Å²) in [4.78, 5) is 12.8. The summed E-state index contributed by atoms with van der Waals surface area (Å²) in [6, 6.07) is 27.6. The molecule has 0 aliphatic heterocycles. The van der Waals surface area contributed by atoms with Crippen LogP contribution in [0.1, 0.15) is 32.7 Å². The van der Waals surface area contributed by atoms with Gasteiger partial charge in [0.2, 0.25) is 0 Å². The van der Waals surface area contributed by atoms with Gasteiger partial charge in [0.15, 0.2) is 0 Å². The van der Waals surface area contributed by atoms with E-state index in [1.165, 1.54) is 0 Å². The van der Waals surface area contributed by atoms with E-state index in [0.717, 1.165) is 22.4 Å². The molecule has 6 heteroatoms. The number of hydrogen-bond donors (Lipinski definition) is 1. The summed E-state index contributed by atoms with van der Waals surface area (Å²) >= 11 is 6.49. The largest absolute Gasteiger partial charge is 0.489 e. The maximum Gasteiger partial charge on any atom is 0.256 e. The highest BCUT2D eigenvalue weighted by Crippen LogP contribution is 2.21. The average molecular weight is 446 g/mol. The first-order chi connectivity index (χ1) is 15.6. The van der Waals surface area contributed by atoms with Crippen LogP contribution in [-0.4, -0.2) is 15.7 Å². The number of nitrogens with one attached hydrogen (secondary N) is 1. The predicted molar refractivity (Wildman–Crippen MR) is 126 cm³/mol. The summed E-state index contributed by atoms with van der Waals surface area (Å²) in [6.45, 7) is 3.21. The zero-order chi connectivity index (χ0) is 22.3. The van der Waals surface area contributed by atoms with Crippen molar-refractivity contribution in [2.24, 2.45) is 0 Å². The van der Waals surface area contributed by atoms with E-state index in [-0.39, 0.29) is 5.91 Å². The zero-order valence-corrected chi connectivity index (χ0v) is 18.5. The van der Waals surface area contributed by atoms with Gasteiger partial charge in [0, 0.05) is 6.54 Å². The Morgan fingerprint density at radius 2 is 1.53 bits per heavy atom. The normalized spacial score (nSPS) is 10.7. The smallest absolute Gasteiger partial charge is 0.256 e. The molecule has 5 nitrogen and oxygen atoms in total. The third-order valence-electron chi connectivity index (χ3n) is 5.09. The van der Waals surface area contributed by atoms with Gasteiger partial charge >= 0.3 is 0 Å². The number of nitrogens with zero attached hydrogens (tertiary/aromatic N) is 2. The Hall–Kier alpha value is -3.57. The standard InChI is InChI=1S/C26H24ClN3O2/c1-19-24(25(27)30(29-19)17-21-8-4-2-5-9-21)26(31)28-16-20-12-14-23(15-13-20)32-18-22-10-6-3-7-11-22/h2-15H,16-18H2,1H3,(H,28,31). The van der Waals surface area contributed by atoms with Crippen LogP contribution in [-0.2, 0) is 19.7 Å². The highest BCUT2D eigenvalue weighted by atomic mass is 35.5. The van der Waals surface area contributed by atoms with E-state index >= 15 is 0 Å². The lowest BCUT2D eigenvalue weighted by Gasteiger charge is -2.09. The van der Waals surface area contributed by atoms with E-state index < -0.39 is 0 Å². The van der Waals surface area contributed by atoms with Crippen molar-refractivity contribution in [3.63, 3.8) is 0 Å².